The summed E-state index contributed by atoms with van der Waals surface area (Å²) in [4.78, 5) is 26.2. The Balaban J connectivity index is 4.74. The molecule has 0 rings (SSSR count). The highest BCUT2D eigenvalue weighted by Gasteiger charge is 2.23. The van der Waals surface area contributed by atoms with Gasteiger partial charge in [-0.1, -0.05) is 259 Å². The first kappa shape index (κ1) is 63.8. The number of esters is 1. The SMILES string of the molecule is CCCCC/C=C\C/C=C\C/C=C\C/C=C\CC(CC(=O)NC(CO)C(O)CCCCCCCCCCCCCCCCC)OC(=O)CCCCCCC/C=C/C=C/C=C/C=C/CCCCC. The summed E-state index contributed by atoms with van der Waals surface area (Å²) in [5.41, 5.74) is 0. The summed E-state index contributed by atoms with van der Waals surface area (Å²) < 4.78 is 5.88. The highest BCUT2D eigenvalue weighted by atomic mass is 16.5. The molecule has 6 heteroatoms. The molecule has 3 unspecified atom stereocenters. The monoisotopic (exact) mass is 932 g/mol. The topological polar surface area (TPSA) is 95.9 Å². The standard InChI is InChI=1S/C61H105NO5/c1-4-7-10-13-16-19-22-25-28-29-30-33-36-39-42-45-48-51-54-61(66)67-57(52-49-46-43-40-37-34-31-26-23-20-17-14-11-8-5-2)55-60(65)62-58(56-63)59(64)53-50-47-44-41-38-35-32-27-24-21-18-15-12-9-6-3/h16-17,19-20,22,25-26,28-31,33,37,40,46,49,57-59,63-64H,4-15,18,21,23-24,27,32,34-36,38-39,41-45,47-48,50-56H2,1-3H3,(H,62,65)/b19-16+,20-17-,25-22+,29-28+,31-26-,33-30+,40-37-,49-46-. The second-order valence-electron chi connectivity index (χ2n) is 18.7. The maximum atomic E-state index is 13.2. The molecule has 0 saturated heterocycles. The Morgan fingerprint density at radius 3 is 1.36 bits per heavy atom. The number of carbonyl (C=O) groups excluding carboxylic acids is 2. The van der Waals surface area contributed by atoms with E-state index in [0.29, 0.717) is 19.3 Å². The molecule has 0 aliphatic rings. The largest absolute Gasteiger partial charge is 0.461 e. The van der Waals surface area contributed by atoms with Gasteiger partial charge in [0.2, 0.25) is 5.91 Å². The predicted octanol–water partition coefficient (Wildman–Crippen LogP) is 17.3. The normalized spacial score (nSPS) is 13.9. The van der Waals surface area contributed by atoms with Crippen LogP contribution in [-0.4, -0.2) is 46.9 Å². The summed E-state index contributed by atoms with van der Waals surface area (Å²) >= 11 is 0. The Labute approximate surface area is 414 Å². The second-order valence-corrected chi connectivity index (χ2v) is 18.7. The van der Waals surface area contributed by atoms with E-state index >= 15 is 0 Å². The molecule has 3 atom stereocenters. The van der Waals surface area contributed by atoms with Gasteiger partial charge in [-0.05, 0) is 70.6 Å². The van der Waals surface area contributed by atoms with Gasteiger partial charge in [-0.3, -0.25) is 9.59 Å². The van der Waals surface area contributed by atoms with Crippen LogP contribution in [0.15, 0.2) is 97.2 Å². The van der Waals surface area contributed by atoms with Gasteiger partial charge in [0.25, 0.3) is 0 Å². The molecule has 0 fully saturated rings. The number of nitrogens with one attached hydrogen (secondary N) is 1. The molecule has 0 aliphatic heterocycles. The number of carbonyl (C=O) groups is 2. The minimum Gasteiger partial charge on any atom is -0.461 e. The number of allylic oxidation sites excluding steroid dienone is 15. The zero-order valence-corrected chi connectivity index (χ0v) is 43.8. The van der Waals surface area contributed by atoms with Crippen molar-refractivity contribution < 1.29 is 24.5 Å². The lowest BCUT2D eigenvalue weighted by molar-refractivity contribution is -0.150. The molecule has 67 heavy (non-hydrogen) atoms. The molecule has 0 heterocycles. The number of amides is 1. The van der Waals surface area contributed by atoms with Crippen LogP contribution in [-0.2, 0) is 14.3 Å². The first-order valence-electron chi connectivity index (χ1n) is 28.0. The Hall–Kier alpha value is -3.22. The van der Waals surface area contributed by atoms with E-state index in [2.05, 4.69) is 111 Å². The van der Waals surface area contributed by atoms with Gasteiger partial charge in [-0.25, -0.2) is 0 Å². The summed E-state index contributed by atoms with van der Waals surface area (Å²) in [6.45, 7) is 6.39. The van der Waals surface area contributed by atoms with Gasteiger partial charge in [0.15, 0.2) is 0 Å². The van der Waals surface area contributed by atoms with Crippen molar-refractivity contribution in [3.63, 3.8) is 0 Å². The molecule has 3 N–H and O–H groups in total. The van der Waals surface area contributed by atoms with Gasteiger partial charge in [0.1, 0.15) is 6.10 Å². The zero-order valence-electron chi connectivity index (χ0n) is 43.8. The Morgan fingerprint density at radius 1 is 0.463 bits per heavy atom. The highest BCUT2D eigenvalue weighted by molar-refractivity contribution is 5.77. The molecule has 6 nitrogen and oxygen atoms in total. The number of hydrogen-bond acceptors (Lipinski definition) is 5. The fourth-order valence-corrected chi connectivity index (χ4v) is 7.95. The van der Waals surface area contributed by atoms with E-state index in [9.17, 15) is 19.8 Å². The van der Waals surface area contributed by atoms with Crippen LogP contribution in [0.4, 0.5) is 0 Å². The van der Waals surface area contributed by atoms with E-state index < -0.39 is 18.2 Å². The average molecular weight is 933 g/mol. The van der Waals surface area contributed by atoms with Gasteiger partial charge in [-0.15, -0.1) is 0 Å². The van der Waals surface area contributed by atoms with Gasteiger partial charge in [0.05, 0.1) is 25.2 Å². The van der Waals surface area contributed by atoms with Crippen molar-refractivity contribution >= 4 is 11.9 Å². The summed E-state index contributed by atoms with van der Waals surface area (Å²) in [5.74, 6) is -0.606. The molecule has 384 valence electrons. The third-order valence-corrected chi connectivity index (χ3v) is 12.2. The molecule has 0 saturated carbocycles. The van der Waals surface area contributed by atoms with Crippen LogP contribution in [0, 0.1) is 0 Å². The number of rotatable bonds is 49. The van der Waals surface area contributed by atoms with E-state index in [1.807, 2.05) is 12.2 Å². The van der Waals surface area contributed by atoms with Crippen LogP contribution in [0.1, 0.15) is 252 Å². The lowest BCUT2D eigenvalue weighted by atomic mass is 10.0. The number of aliphatic hydroxyl groups excluding tert-OH is 2. The lowest BCUT2D eigenvalue weighted by Gasteiger charge is -2.24. The molecule has 0 bridgehead atoms. The minimum atomic E-state index is -0.821. The summed E-state index contributed by atoms with van der Waals surface area (Å²) in [6, 6.07) is -0.742. The average Bonchev–Trinajstić information content (AvgIpc) is 3.32. The minimum absolute atomic E-state index is 0.0128. The number of aliphatic hydroxyl groups is 2. The van der Waals surface area contributed by atoms with E-state index in [4.69, 9.17) is 4.74 Å². The molecule has 1 amide bonds. The first-order valence-corrected chi connectivity index (χ1v) is 28.0. The van der Waals surface area contributed by atoms with E-state index in [1.165, 1.54) is 122 Å². The van der Waals surface area contributed by atoms with Crippen molar-refractivity contribution in [3.05, 3.63) is 97.2 Å². The van der Waals surface area contributed by atoms with Crippen LogP contribution in [0.25, 0.3) is 0 Å². The van der Waals surface area contributed by atoms with Gasteiger partial charge in [-0.2, -0.15) is 0 Å². The Kier molecular flexibility index (Phi) is 51.1. The molecule has 0 aromatic heterocycles. The smallest absolute Gasteiger partial charge is 0.306 e. The van der Waals surface area contributed by atoms with Crippen molar-refractivity contribution in [1.82, 2.24) is 5.32 Å². The van der Waals surface area contributed by atoms with Crippen LogP contribution in [0.3, 0.4) is 0 Å². The number of ether oxygens (including phenoxy) is 1. The quantitative estimate of drug-likeness (QED) is 0.0244. The van der Waals surface area contributed by atoms with Crippen molar-refractivity contribution in [1.29, 1.82) is 0 Å². The molecule has 0 spiro atoms. The zero-order chi connectivity index (χ0) is 48.8. The van der Waals surface area contributed by atoms with Crippen molar-refractivity contribution in [2.75, 3.05) is 6.61 Å². The van der Waals surface area contributed by atoms with Gasteiger partial charge >= 0.3 is 5.97 Å². The summed E-state index contributed by atoms with van der Waals surface area (Å²) in [6.07, 6.45) is 71.9. The van der Waals surface area contributed by atoms with Crippen molar-refractivity contribution in [2.45, 2.75) is 270 Å². The van der Waals surface area contributed by atoms with E-state index in [-0.39, 0.29) is 24.9 Å². The highest BCUT2D eigenvalue weighted by Crippen LogP contribution is 2.16. The summed E-state index contributed by atoms with van der Waals surface area (Å²) in [5, 5.41) is 23.8. The Morgan fingerprint density at radius 2 is 0.851 bits per heavy atom. The number of hydrogen-bond donors (Lipinski definition) is 3. The van der Waals surface area contributed by atoms with Gasteiger partial charge in [0, 0.05) is 12.8 Å². The molecule has 0 radical (unpaired) electrons. The molecule has 0 aromatic carbocycles. The summed E-state index contributed by atoms with van der Waals surface area (Å²) in [7, 11) is 0. The Bertz CT molecular complexity index is 1320. The van der Waals surface area contributed by atoms with Crippen molar-refractivity contribution in [2.24, 2.45) is 0 Å². The van der Waals surface area contributed by atoms with Crippen molar-refractivity contribution in [3.8, 4) is 0 Å². The molecule has 0 aromatic rings. The maximum Gasteiger partial charge on any atom is 0.306 e. The van der Waals surface area contributed by atoms with Crippen LogP contribution in [0.2, 0.25) is 0 Å². The maximum absolute atomic E-state index is 13.2. The molecular weight excluding hydrogens is 827 g/mol. The van der Waals surface area contributed by atoms with Crippen LogP contribution >= 0.6 is 0 Å². The van der Waals surface area contributed by atoms with E-state index in [0.717, 1.165) is 83.5 Å². The third kappa shape index (κ3) is 49.0. The predicted molar refractivity (Wildman–Crippen MR) is 291 cm³/mol. The first-order chi connectivity index (χ1) is 33.0. The second kappa shape index (κ2) is 53.7. The lowest BCUT2D eigenvalue weighted by Crippen LogP contribution is -2.46. The fraction of sp³-hybridized carbons (Fsp3) is 0.705. The molecular formula is C61H105NO5. The van der Waals surface area contributed by atoms with Gasteiger partial charge < -0.3 is 20.3 Å². The van der Waals surface area contributed by atoms with E-state index in [1.54, 1.807) is 0 Å². The third-order valence-electron chi connectivity index (χ3n) is 12.2. The fourth-order valence-electron chi connectivity index (χ4n) is 7.95. The van der Waals surface area contributed by atoms with Crippen LogP contribution in [0.5, 0.6) is 0 Å². The molecule has 0 aliphatic carbocycles. The number of unbranched alkanes of at least 4 members (excludes halogenated alkanes) is 25. The van der Waals surface area contributed by atoms with Crippen LogP contribution < -0.4 is 5.32 Å².